The molecule has 0 unspecified atom stereocenters. The number of ether oxygens (including phenoxy) is 1. The van der Waals surface area contributed by atoms with Gasteiger partial charge in [0.05, 0.1) is 18.4 Å². The first-order chi connectivity index (χ1) is 8.51. The average molecular weight is 254 g/mol. The highest BCUT2D eigenvalue weighted by Gasteiger charge is 2.19. The summed E-state index contributed by atoms with van der Waals surface area (Å²) < 4.78 is 17.9. The van der Waals surface area contributed by atoms with E-state index in [0.717, 1.165) is 13.2 Å². The van der Waals surface area contributed by atoms with Crippen molar-refractivity contribution in [2.45, 2.75) is 6.92 Å². The molecule has 1 aromatic carbocycles. The maximum absolute atomic E-state index is 13.4. The van der Waals surface area contributed by atoms with Gasteiger partial charge in [0.15, 0.2) is 0 Å². The molecule has 3 N–H and O–H groups in total. The number of urea groups is 1. The molecule has 0 bridgehead atoms. The third-order valence-electron chi connectivity index (χ3n) is 2.19. The number of halogens is 1. The molecule has 8 heteroatoms. The summed E-state index contributed by atoms with van der Waals surface area (Å²) in [5.74, 6) is -1.36. The summed E-state index contributed by atoms with van der Waals surface area (Å²) in [6.07, 6.45) is 0. The largest absolute Gasteiger partial charge is 0.465 e. The van der Waals surface area contributed by atoms with Crippen LogP contribution in [0.5, 0.6) is 0 Å². The molecule has 0 aromatic heterocycles. The Morgan fingerprint density at radius 3 is 2.67 bits per heavy atom. The molecule has 0 heterocycles. The number of carbonyl (C=O) groups excluding carboxylic acids is 2. The van der Waals surface area contributed by atoms with Gasteiger partial charge in [-0.05, 0) is 19.1 Å². The minimum absolute atomic E-state index is 0.0578. The van der Waals surface area contributed by atoms with Gasteiger partial charge in [-0.1, -0.05) is 5.22 Å². The van der Waals surface area contributed by atoms with E-state index in [2.05, 4.69) is 15.3 Å². The van der Waals surface area contributed by atoms with Gasteiger partial charge in [-0.15, -0.1) is 0 Å². The summed E-state index contributed by atoms with van der Waals surface area (Å²) in [5, 5.41) is 4.93. The van der Waals surface area contributed by atoms with Crippen LogP contribution in [0.2, 0.25) is 0 Å². The topological polar surface area (TPSA) is 104 Å². The fourth-order valence-corrected chi connectivity index (χ4v) is 1.36. The van der Waals surface area contributed by atoms with Gasteiger partial charge in [0, 0.05) is 5.56 Å². The van der Waals surface area contributed by atoms with Crippen molar-refractivity contribution in [3.63, 3.8) is 0 Å². The summed E-state index contributed by atoms with van der Waals surface area (Å²) in [7, 11) is 1.15. The van der Waals surface area contributed by atoms with Crippen LogP contribution >= 0.6 is 0 Å². The quantitative estimate of drug-likeness (QED) is 0.436. The monoisotopic (exact) mass is 254 g/mol. The summed E-state index contributed by atoms with van der Waals surface area (Å²) in [4.78, 5) is 22.7. The van der Waals surface area contributed by atoms with Crippen molar-refractivity contribution in [1.82, 2.24) is 5.43 Å². The van der Waals surface area contributed by atoms with Crippen molar-refractivity contribution in [2.75, 3.05) is 12.4 Å². The second kappa shape index (κ2) is 5.71. The number of hydrogen-bond donors (Lipinski definition) is 3. The molecule has 0 aliphatic heterocycles. The van der Waals surface area contributed by atoms with E-state index in [-0.39, 0.29) is 16.8 Å². The van der Waals surface area contributed by atoms with Crippen LogP contribution in [0.1, 0.15) is 15.9 Å². The highest BCUT2D eigenvalue weighted by molar-refractivity contribution is 6.01. The Kier molecular flexibility index (Phi) is 4.30. The fourth-order valence-electron chi connectivity index (χ4n) is 1.36. The fraction of sp³-hybridized carbons (Fsp3) is 0.200. The van der Waals surface area contributed by atoms with Crippen molar-refractivity contribution < 1.29 is 18.7 Å². The first-order valence-corrected chi connectivity index (χ1v) is 4.82. The SMILES string of the molecule is COC(=O)c1c(NC(=O)NN=N)ccc(F)c1C. The Morgan fingerprint density at radius 1 is 1.44 bits per heavy atom. The van der Waals surface area contributed by atoms with Gasteiger partial charge < -0.3 is 10.1 Å². The van der Waals surface area contributed by atoms with Gasteiger partial charge >= 0.3 is 12.0 Å². The van der Waals surface area contributed by atoms with Crippen LogP contribution in [-0.2, 0) is 4.74 Å². The minimum atomic E-state index is -0.818. The van der Waals surface area contributed by atoms with E-state index >= 15 is 0 Å². The van der Waals surface area contributed by atoms with Crippen LogP contribution in [-0.4, -0.2) is 19.1 Å². The Labute approximate surface area is 102 Å². The summed E-state index contributed by atoms with van der Waals surface area (Å²) in [5.41, 5.74) is 8.30. The minimum Gasteiger partial charge on any atom is -0.465 e. The van der Waals surface area contributed by atoms with Crippen LogP contribution in [0.15, 0.2) is 17.4 Å². The first-order valence-electron chi connectivity index (χ1n) is 4.82. The lowest BCUT2D eigenvalue weighted by atomic mass is 10.1. The molecule has 0 aliphatic carbocycles. The lowest BCUT2D eigenvalue weighted by Crippen LogP contribution is -2.25. The number of rotatable bonds is 3. The zero-order chi connectivity index (χ0) is 13.7. The predicted molar refractivity (Wildman–Crippen MR) is 59.8 cm³/mol. The molecule has 0 saturated carbocycles. The van der Waals surface area contributed by atoms with E-state index in [0.29, 0.717) is 0 Å². The molecule has 0 fully saturated rings. The molecular weight excluding hydrogens is 243 g/mol. The first kappa shape index (κ1) is 13.6. The number of esters is 1. The molecule has 2 amide bonds. The Balaban J connectivity index is 3.18. The molecule has 0 saturated heterocycles. The molecular formula is C10H11FN4O3. The average Bonchev–Trinajstić information content (AvgIpc) is 2.33. The highest BCUT2D eigenvalue weighted by atomic mass is 19.1. The van der Waals surface area contributed by atoms with Crippen molar-refractivity contribution >= 4 is 17.7 Å². The lowest BCUT2D eigenvalue weighted by molar-refractivity contribution is 0.0600. The Bertz CT molecular complexity index is 504. The van der Waals surface area contributed by atoms with Crippen molar-refractivity contribution in [3.05, 3.63) is 29.1 Å². The number of hydrogen-bond acceptors (Lipinski definition) is 5. The maximum atomic E-state index is 13.4. The smallest absolute Gasteiger partial charge is 0.341 e. The zero-order valence-corrected chi connectivity index (χ0v) is 9.70. The summed E-state index contributed by atoms with van der Waals surface area (Å²) >= 11 is 0. The zero-order valence-electron chi connectivity index (χ0n) is 9.70. The van der Waals surface area contributed by atoms with Crippen molar-refractivity contribution in [1.29, 1.82) is 5.53 Å². The van der Waals surface area contributed by atoms with E-state index < -0.39 is 17.8 Å². The third kappa shape index (κ3) is 2.78. The molecule has 18 heavy (non-hydrogen) atoms. The van der Waals surface area contributed by atoms with E-state index in [1.54, 1.807) is 0 Å². The standard InChI is InChI=1S/C10H11FN4O3/c1-5-6(11)3-4-7(8(5)9(16)18-2)13-10(17)14-15-12/h3-4H,1-2H3,(H3,12,13,14,17). The molecule has 0 radical (unpaired) electrons. The van der Waals surface area contributed by atoms with Gasteiger partial charge in [0.25, 0.3) is 0 Å². The van der Waals surface area contributed by atoms with Gasteiger partial charge in [0.1, 0.15) is 5.82 Å². The Hall–Kier alpha value is -2.51. The van der Waals surface area contributed by atoms with Crippen molar-refractivity contribution in [3.8, 4) is 0 Å². The van der Waals surface area contributed by atoms with E-state index in [9.17, 15) is 14.0 Å². The number of nitrogens with one attached hydrogen (secondary N) is 3. The summed E-state index contributed by atoms with van der Waals surface area (Å²) in [6, 6.07) is 1.51. The van der Waals surface area contributed by atoms with E-state index in [1.165, 1.54) is 13.0 Å². The number of anilines is 1. The second-order valence-corrected chi connectivity index (χ2v) is 3.26. The number of amides is 2. The number of benzene rings is 1. The lowest BCUT2D eigenvalue weighted by Gasteiger charge is -2.12. The van der Waals surface area contributed by atoms with Crippen LogP contribution < -0.4 is 10.7 Å². The number of methoxy groups -OCH3 is 1. The molecule has 96 valence electrons. The van der Waals surface area contributed by atoms with Crippen LogP contribution in [0.4, 0.5) is 14.9 Å². The van der Waals surface area contributed by atoms with Gasteiger partial charge in [-0.3, -0.25) is 0 Å². The van der Waals surface area contributed by atoms with Crippen molar-refractivity contribution in [2.24, 2.45) is 5.22 Å². The van der Waals surface area contributed by atoms with Crippen LogP contribution in [0.25, 0.3) is 0 Å². The number of nitrogens with zero attached hydrogens (tertiary/aromatic N) is 1. The second-order valence-electron chi connectivity index (χ2n) is 3.26. The molecule has 1 aromatic rings. The highest BCUT2D eigenvalue weighted by Crippen LogP contribution is 2.23. The van der Waals surface area contributed by atoms with Crippen LogP contribution in [0, 0.1) is 18.3 Å². The van der Waals surface area contributed by atoms with E-state index in [4.69, 9.17) is 5.53 Å². The van der Waals surface area contributed by atoms with Gasteiger partial charge in [-0.2, -0.15) is 5.53 Å². The molecule has 0 spiro atoms. The molecule has 1 rings (SSSR count). The maximum Gasteiger partial charge on any atom is 0.341 e. The van der Waals surface area contributed by atoms with Gasteiger partial charge in [0.2, 0.25) is 0 Å². The summed E-state index contributed by atoms with van der Waals surface area (Å²) in [6.45, 7) is 1.39. The molecule has 0 atom stereocenters. The van der Waals surface area contributed by atoms with Crippen LogP contribution in [0.3, 0.4) is 0 Å². The van der Waals surface area contributed by atoms with Gasteiger partial charge in [-0.25, -0.2) is 19.4 Å². The predicted octanol–water partition coefficient (Wildman–Crippen LogP) is 1.99. The molecule has 0 aliphatic rings. The third-order valence-corrected chi connectivity index (χ3v) is 2.19. The van der Waals surface area contributed by atoms with E-state index in [1.807, 2.05) is 5.43 Å². The normalized spacial score (nSPS) is 9.50. The number of carbonyl (C=O) groups is 2. The Morgan fingerprint density at radius 2 is 2.11 bits per heavy atom. The molecule has 7 nitrogen and oxygen atoms in total.